The number of aromatic nitrogens is 1. The summed E-state index contributed by atoms with van der Waals surface area (Å²) < 4.78 is 0. The van der Waals surface area contributed by atoms with Crippen LogP contribution in [0.3, 0.4) is 0 Å². The molecular formula is C23H24N2O2. The van der Waals surface area contributed by atoms with Gasteiger partial charge in [0, 0.05) is 11.9 Å². The Hall–Kier alpha value is -2.23. The van der Waals surface area contributed by atoms with Gasteiger partial charge < -0.3 is 0 Å². The van der Waals surface area contributed by atoms with Crippen molar-refractivity contribution in [1.29, 1.82) is 0 Å². The quantitative estimate of drug-likeness (QED) is 0.748. The summed E-state index contributed by atoms with van der Waals surface area (Å²) in [5, 5.41) is 0.810. The first kappa shape index (κ1) is 15.8. The minimum Gasteiger partial charge on any atom is -0.274 e. The van der Waals surface area contributed by atoms with Crippen molar-refractivity contribution in [1.82, 2.24) is 9.88 Å². The van der Waals surface area contributed by atoms with Crippen molar-refractivity contribution in [3.8, 4) is 0 Å². The van der Waals surface area contributed by atoms with Crippen LogP contribution < -0.4 is 0 Å². The summed E-state index contributed by atoms with van der Waals surface area (Å²) in [5.41, 5.74) is 2.75. The number of benzene rings is 1. The molecule has 1 aromatic carbocycles. The average Bonchev–Trinajstić information content (AvgIpc) is 2.86. The smallest absolute Gasteiger partial charge is 0.263 e. The maximum atomic E-state index is 13.4. The third-order valence-electron chi connectivity index (χ3n) is 7.65. The first-order valence-corrected chi connectivity index (χ1v) is 10.3. The Kier molecular flexibility index (Phi) is 3.03. The number of para-hydroxylation sites is 1. The minimum atomic E-state index is -0.124. The van der Waals surface area contributed by atoms with Gasteiger partial charge in [-0.1, -0.05) is 18.2 Å². The Morgan fingerprint density at radius 1 is 0.963 bits per heavy atom. The van der Waals surface area contributed by atoms with Crippen LogP contribution in [0, 0.1) is 30.1 Å². The SMILES string of the molecule is Cc1nc2ccccc2c2c1C(=O)N(CC13CC4CC(CC(C4)C1)C3)C2=O. The second-order valence-corrected chi connectivity index (χ2v) is 9.58. The molecule has 0 spiro atoms. The van der Waals surface area contributed by atoms with E-state index in [0.29, 0.717) is 23.4 Å². The van der Waals surface area contributed by atoms with Crippen LogP contribution >= 0.6 is 0 Å². The fourth-order valence-corrected chi connectivity index (χ4v) is 7.14. The van der Waals surface area contributed by atoms with Crippen LogP contribution in [0.2, 0.25) is 0 Å². The summed E-state index contributed by atoms with van der Waals surface area (Å²) in [6.07, 6.45) is 7.71. The van der Waals surface area contributed by atoms with E-state index in [2.05, 4.69) is 4.98 Å². The molecule has 1 aromatic heterocycles. The van der Waals surface area contributed by atoms with Gasteiger partial charge in [-0.3, -0.25) is 19.5 Å². The lowest BCUT2D eigenvalue weighted by atomic mass is 9.49. The topological polar surface area (TPSA) is 50.3 Å². The molecule has 4 fully saturated rings. The highest BCUT2D eigenvalue weighted by molar-refractivity contribution is 6.26. The summed E-state index contributed by atoms with van der Waals surface area (Å²) in [7, 11) is 0. The molecule has 4 bridgehead atoms. The van der Waals surface area contributed by atoms with E-state index in [1.807, 2.05) is 31.2 Å². The van der Waals surface area contributed by atoms with Crippen molar-refractivity contribution in [2.75, 3.05) is 6.54 Å². The van der Waals surface area contributed by atoms with Crippen LogP contribution in [0.1, 0.15) is 64.9 Å². The number of rotatable bonds is 2. The van der Waals surface area contributed by atoms with E-state index in [4.69, 9.17) is 0 Å². The van der Waals surface area contributed by atoms with Crippen molar-refractivity contribution < 1.29 is 9.59 Å². The molecule has 5 aliphatic rings. The molecule has 2 amide bonds. The number of aryl methyl sites for hydroxylation is 1. The lowest BCUT2D eigenvalue weighted by Crippen LogP contribution is -2.52. The maximum absolute atomic E-state index is 13.4. The third-order valence-corrected chi connectivity index (χ3v) is 7.65. The van der Waals surface area contributed by atoms with E-state index in [-0.39, 0.29) is 17.2 Å². The number of fused-ring (bicyclic) bond motifs is 3. The molecular weight excluding hydrogens is 336 g/mol. The van der Waals surface area contributed by atoms with Crippen LogP contribution in [-0.2, 0) is 0 Å². The zero-order chi connectivity index (χ0) is 18.3. The van der Waals surface area contributed by atoms with Crippen molar-refractivity contribution >= 4 is 22.7 Å². The van der Waals surface area contributed by atoms with Gasteiger partial charge in [0.1, 0.15) is 0 Å². The molecule has 1 aliphatic heterocycles. The molecule has 4 nitrogen and oxygen atoms in total. The molecule has 7 rings (SSSR count). The fraction of sp³-hybridized carbons (Fsp3) is 0.522. The number of carbonyl (C=O) groups excluding carboxylic acids is 2. The Balaban J connectivity index is 1.41. The monoisotopic (exact) mass is 360 g/mol. The zero-order valence-corrected chi connectivity index (χ0v) is 15.7. The fourth-order valence-electron chi connectivity index (χ4n) is 7.14. The normalized spacial score (nSPS) is 34.0. The molecule has 0 unspecified atom stereocenters. The Morgan fingerprint density at radius 3 is 2.22 bits per heavy atom. The molecule has 27 heavy (non-hydrogen) atoms. The summed E-state index contributed by atoms with van der Waals surface area (Å²) in [6, 6.07) is 7.68. The maximum Gasteiger partial charge on any atom is 0.263 e. The van der Waals surface area contributed by atoms with Crippen LogP contribution in [0.25, 0.3) is 10.9 Å². The number of carbonyl (C=O) groups is 2. The molecule has 0 N–H and O–H groups in total. The van der Waals surface area contributed by atoms with Gasteiger partial charge in [-0.05, 0) is 74.7 Å². The molecule has 138 valence electrons. The number of amides is 2. The second kappa shape index (κ2) is 5.18. The van der Waals surface area contributed by atoms with Crippen molar-refractivity contribution in [2.45, 2.75) is 45.4 Å². The third kappa shape index (κ3) is 2.13. The van der Waals surface area contributed by atoms with Crippen LogP contribution in [0.5, 0.6) is 0 Å². The second-order valence-electron chi connectivity index (χ2n) is 9.58. The van der Waals surface area contributed by atoms with Gasteiger partial charge in [0.15, 0.2) is 0 Å². The summed E-state index contributed by atoms with van der Waals surface area (Å²) in [5.74, 6) is 2.22. The largest absolute Gasteiger partial charge is 0.274 e. The van der Waals surface area contributed by atoms with E-state index >= 15 is 0 Å². The number of pyridine rings is 1. The Bertz CT molecular complexity index is 974. The number of hydrogen-bond acceptors (Lipinski definition) is 3. The van der Waals surface area contributed by atoms with E-state index in [1.54, 1.807) is 4.90 Å². The molecule has 0 atom stereocenters. The van der Waals surface area contributed by atoms with Gasteiger partial charge in [0.25, 0.3) is 11.8 Å². The first-order valence-electron chi connectivity index (χ1n) is 10.3. The van der Waals surface area contributed by atoms with Crippen LogP contribution in [0.4, 0.5) is 0 Å². The molecule has 4 saturated carbocycles. The molecule has 2 aromatic rings. The van der Waals surface area contributed by atoms with E-state index < -0.39 is 0 Å². The van der Waals surface area contributed by atoms with Crippen molar-refractivity contribution in [3.63, 3.8) is 0 Å². The Labute approximate surface area is 159 Å². The summed E-state index contributed by atoms with van der Waals surface area (Å²) in [4.78, 5) is 32.8. The minimum absolute atomic E-state index is 0.104. The van der Waals surface area contributed by atoms with Gasteiger partial charge in [-0.25, -0.2) is 0 Å². The van der Waals surface area contributed by atoms with Crippen molar-refractivity contribution in [3.05, 3.63) is 41.1 Å². The lowest BCUT2D eigenvalue weighted by Gasteiger charge is -2.57. The molecule has 0 saturated heterocycles. The van der Waals surface area contributed by atoms with E-state index in [1.165, 1.54) is 38.5 Å². The number of nitrogens with zero attached hydrogens (tertiary/aromatic N) is 2. The zero-order valence-electron chi connectivity index (χ0n) is 15.7. The van der Waals surface area contributed by atoms with Gasteiger partial charge in [0.2, 0.25) is 0 Å². The predicted molar refractivity (Wildman–Crippen MR) is 102 cm³/mol. The van der Waals surface area contributed by atoms with Crippen molar-refractivity contribution in [2.24, 2.45) is 23.2 Å². The van der Waals surface area contributed by atoms with E-state index in [9.17, 15) is 9.59 Å². The van der Waals surface area contributed by atoms with Gasteiger partial charge in [-0.15, -0.1) is 0 Å². The standard InChI is InChI=1S/C23H24N2O2/c1-13-19-20(17-4-2-3-5-18(17)24-13)22(27)25(21(19)26)12-23-9-14-6-15(10-23)8-16(7-14)11-23/h2-5,14-16H,6-12H2,1H3. The molecule has 0 radical (unpaired) electrons. The molecule has 4 heteroatoms. The highest BCUT2D eigenvalue weighted by Gasteiger charge is 2.53. The van der Waals surface area contributed by atoms with Gasteiger partial charge in [0.05, 0.1) is 22.3 Å². The highest BCUT2D eigenvalue weighted by Crippen LogP contribution is 2.60. The summed E-state index contributed by atoms with van der Waals surface area (Å²) >= 11 is 0. The lowest BCUT2D eigenvalue weighted by molar-refractivity contribution is -0.0618. The predicted octanol–water partition coefficient (Wildman–Crippen LogP) is 4.36. The van der Waals surface area contributed by atoms with Gasteiger partial charge in [-0.2, -0.15) is 0 Å². The Morgan fingerprint density at radius 2 is 1.56 bits per heavy atom. The average molecular weight is 360 g/mol. The van der Waals surface area contributed by atoms with Gasteiger partial charge >= 0.3 is 0 Å². The van der Waals surface area contributed by atoms with Crippen LogP contribution in [0.15, 0.2) is 24.3 Å². The number of hydrogen-bond donors (Lipinski definition) is 0. The molecule has 4 aliphatic carbocycles. The first-order chi connectivity index (χ1) is 13.0. The van der Waals surface area contributed by atoms with Crippen LogP contribution in [-0.4, -0.2) is 28.2 Å². The summed E-state index contributed by atoms with van der Waals surface area (Å²) in [6.45, 7) is 2.46. The van der Waals surface area contributed by atoms with E-state index in [0.717, 1.165) is 28.7 Å². The molecule has 2 heterocycles. The highest BCUT2D eigenvalue weighted by atomic mass is 16.2. The number of imide groups is 1.